The van der Waals surface area contributed by atoms with Crippen LogP contribution in [0, 0.1) is 23.7 Å². The quantitative estimate of drug-likeness (QED) is 0.486. The Morgan fingerprint density at radius 3 is 2.23 bits per heavy atom. The fraction of sp³-hybridized carbons (Fsp3) is 0.609. The van der Waals surface area contributed by atoms with Gasteiger partial charge in [-0.3, -0.25) is 19.3 Å². The molecule has 5 rings (SSSR count). The molecule has 3 amide bonds. The molecule has 2 aliphatic heterocycles. The minimum atomic E-state index is -0.699. The summed E-state index contributed by atoms with van der Waals surface area (Å²) in [5.41, 5.74) is 0. The summed E-state index contributed by atoms with van der Waals surface area (Å²) in [4.78, 5) is 43.4. The summed E-state index contributed by atoms with van der Waals surface area (Å²) in [7, 11) is 0. The standard InChI is InChI=1S/C23H27BrN2O4/c1-12-4-3-5-13(2)25(12)19(27)11-16(17-8-9-18(24)30-17)26-22(28)20-14-6-7-15(10-14)21(20)23(26)29/h6-9,12-16,20-21H,3-5,10-11H2,1-2H3. The van der Waals surface area contributed by atoms with Crippen molar-refractivity contribution in [1.82, 2.24) is 9.80 Å². The van der Waals surface area contributed by atoms with Crippen molar-refractivity contribution in [3.63, 3.8) is 0 Å². The highest BCUT2D eigenvalue weighted by Gasteiger charge is 2.61. The highest BCUT2D eigenvalue weighted by molar-refractivity contribution is 9.10. The van der Waals surface area contributed by atoms with Crippen LogP contribution < -0.4 is 0 Å². The molecular weight excluding hydrogens is 448 g/mol. The number of furan rings is 1. The largest absolute Gasteiger partial charge is 0.452 e. The van der Waals surface area contributed by atoms with Crippen molar-refractivity contribution >= 4 is 33.7 Å². The summed E-state index contributed by atoms with van der Waals surface area (Å²) in [5, 5.41) is 0. The normalized spacial score (nSPS) is 36.0. The zero-order valence-electron chi connectivity index (χ0n) is 17.3. The third-order valence-corrected chi connectivity index (χ3v) is 8.01. The molecule has 1 aromatic rings. The van der Waals surface area contributed by atoms with Crippen molar-refractivity contribution in [3.05, 3.63) is 34.7 Å². The predicted molar refractivity (Wildman–Crippen MR) is 113 cm³/mol. The molecule has 0 N–H and O–H groups in total. The zero-order chi connectivity index (χ0) is 21.2. The summed E-state index contributed by atoms with van der Waals surface area (Å²) >= 11 is 3.32. The van der Waals surface area contributed by atoms with E-state index in [2.05, 4.69) is 41.9 Å². The van der Waals surface area contributed by atoms with Gasteiger partial charge in [0, 0.05) is 12.1 Å². The first-order valence-electron chi connectivity index (χ1n) is 11.0. The van der Waals surface area contributed by atoms with E-state index in [4.69, 9.17) is 4.42 Å². The van der Waals surface area contributed by atoms with Crippen molar-refractivity contribution in [2.75, 3.05) is 0 Å². The monoisotopic (exact) mass is 474 g/mol. The number of amides is 3. The SMILES string of the molecule is CC1CCCC(C)N1C(=O)CC(c1ccc(Br)o1)N1C(=O)C2C3C=CC(C3)C2C1=O. The summed E-state index contributed by atoms with van der Waals surface area (Å²) in [6.45, 7) is 4.15. The Kier molecular flexibility index (Phi) is 4.92. The van der Waals surface area contributed by atoms with Gasteiger partial charge in [-0.1, -0.05) is 12.2 Å². The van der Waals surface area contributed by atoms with Crippen LogP contribution in [0.25, 0.3) is 0 Å². The average Bonchev–Trinajstić information content (AvgIpc) is 3.45. The Labute approximate surface area is 184 Å². The number of nitrogens with zero attached hydrogens (tertiary/aromatic N) is 2. The van der Waals surface area contributed by atoms with Crippen molar-refractivity contribution in [2.45, 2.75) is 64.1 Å². The van der Waals surface area contributed by atoms with Gasteiger partial charge >= 0.3 is 0 Å². The predicted octanol–water partition coefficient (Wildman–Crippen LogP) is 4.07. The van der Waals surface area contributed by atoms with Gasteiger partial charge in [-0.25, -0.2) is 0 Å². The Balaban J connectivity index is 1.46. The molecule has 3 fully saturated rings. The highest BCUT2D eigenvalue weighted by Crippen LogP contribution is 2.54. The lowest BCUT2D eigenvalue weighted by Gasteiger charge is -2.40. The molecule has 1 saturated carbocycles. The van der Waals surface area contributed by atoms with Crippen LogP contribution in [0.2, 0.25) is 0 Å². The van der Waals surface area contributed by atoms with Crippen molar-refractivity contribution in [1.29, 1.82) is 0 Å². The summed E-state index contributed by atoms with van der Waals surface area (Å²) in [6.07, 6.45) is 8.20. The molecule has 30 heavy (non-hydrogen) atoms. The van der Waals surface area contributed by atoms with Gasteiger partial charge < -0.3 is 9.32 Å². The second-order valence-electron chi connectivity index (χ2n) is 9.34. The van der Waals surface area contributed by atoms with Crippen LogP contribution in [-0.2, 0) is 14.4 Å². The first-order chi connectivity index (χ1) is 14.4. The molecule has 3 heterocycles. The molecule has 6 nitrogen and oxygen atoms in total. The number of allylic oxidation sites excluding steroid dienone is 2. The van der Waals surface area contributed by atoms with E-state index < -0.39 is 6.04 Å². The number of fused-ring (bicyclic) bond motifs is 5. The van der Waals surface area contributed by atoms with Gasteiger partial charge in [-0.2, -0.15) is 0 Å². The second kappa shape index (κ2) is 7.36. The molecule has 2 bridgehead atoms. The van der Waals surface area contributed by atoms with Crippen LogP contribution in [-0.4, -0.2) is 39.6 Å². The maximum atomic E-state index is 13.4. The highest BCUT2D eigenvalue weighted by atomic mass is 79.9. The zero-order valence-corrected chi connectivity index (χ0v) is 18.9. The number of carbonyl (C=O) groups is 3. The number of rotatable bonds is 4. The van der Waals surface area contributed by atoms with E-state index in [0.717, 1.165) is 25.7 Å². The number of hydrogen-bond donors (Lipinski definition) is 0. The van der Waals surface area contributed by atoms with E-state index in [1.54, 1.807) is 12.1 Å². The van der Waals surface area contributed by atoms with E-state index in [-0.39, 0.29) is 59.9 Å². The van der Waals surface area contributed by atoms with Crippen LogP contribution in [0.15, 0.2) is 33.4 Å². The van der Waals surface area contributed by atoms with Gasteiger partial charge in [0.2, 0.25) is 17.7 Å². The van der Waals surface area contributed by atoms with Crippen LogP contribution in [0.3, 0.4) is 0 Å². The van der Waals surface area contributed by atoms with Crippen LogP contribution >= 0.6 is 15.9 Å². The van der Waals surface area contributed by atoms with Gasteiger partial charge in [0.05, 0.1) is 18.3 Å². The third-order valence-electron chi connectivity index (χ3n) is 7.59. The number of halogens is 1. The molecule has 7 unspecified atom stereocenters. The molecule has 7 heteroatoms. The topological polar surface area (TPSA) is 70.8 Å². The molecule has 160 valence electrons. The molecule has 7 atom stereocenters. The Hall–Kier alpha value is -1.89. The Bertz CT molecular complexity index is 884. The van der Waals surface area contributed by atoms with Gasteiger partial charge in [-0.05, 0) is 79.4 Å². The Morgan fingerprint density at radius 1 is 1.10 bits per heavy atom. The van der Waals surface area contributed by atoms with Crippen LogP contribution in [0.5, 0.6) is 0 Å². The lowest BCUT2D eigenvalue weighted by atomic mass is 9.85. The Morgan fingerprint density at radius 2 is 1.70 bits per heavy atom. The van der Waals surface area contributed by atoms with E-state index in [0.29, 0.717) is 10.4 Å². The van der Waals surface area contributed by atoms with E-state index in [1.165, 1.54) is 4.90 Å². The van der Waals surface area contributed by atoms with Crippen molar-refractivity contribution in [2.24, 2.45) is 23.7 Å². The number of carbonyl (C=O) groups excluding carboxylic acids is 3. The second-order valence-corrected chi connectivity index (χ2v) is 10.1. The fourth-order valence-electron chi connectivity index (χ4n) is 6.24. The van der Waals surface area contributed by atoms with Crippen LogP contribution in [0.1, 0.15) is 57.8 Å². The van der Waals surface area contributed by atoms with Crippen LogP contribution in [0.4, 0.5) is 0 Å². The van der Waals surface area contributed by atoms with Gasteiger partial charge in [-0.15, -0.1) is 0 Å². The van der Waals surface area contributed by atoms with Crippen molar-refractivity contribution in [3.8, 4) is 0 Å². The molecular formula is C23H27BrN2O4. The summed E-state index contributed by atoms with van der Waals surface area (Å²) in [5.74, 6) is -0.112. The number of imide groups is 1. The number of likely N-dealkylation sites (tertiary alicyclic amines) is 2. The van der Waals surface area contributed by atoms with Crippen molar-refractivity contribution < 1.29 is 18.8 Å². The van der Waals surface area contributed by atoms with E-state index in [9.17, 15) is 14.4 Å². The molecule has 2 aliphatic carbocycles. The molecule has 1 aromatic heterocycles. The lowest BCUT2D eigenvalue weighted by molar-refractivity contribution is -0.147. The fourth-order valence-corrected chi connectivity index (χ4v) is 6.56. The average molecular weight is 475 g/mol. The molecule has 2 saturated heterocycles. The van der Waals surface area contributed by atoms with E-state index in [1.807, 2.05) is 4.90 Å². The summed E-state index contributed by atoms with van der Waals surface area (Å²) in [6, 6.07) is 3.13. The van der Waals surface area contributed by atoms with Gasteiger partial charge in [0.25, 0.3) is 0 Å². The smallest absolute Gasteiger partial charge is 0.234 e. The molecule has 0 spiro atoms. The number of piperidine rings is 1. The summed E-state index contributed by atoms with van der Waals surface area (Å²) < 4.78 is 6.30. The first-order valence-corrected chi connectivity index (χ1v) is 11.8. The third kappa shape index (κ3) is 3.00. The minimum Gasteiger partial charge on any atom is -0.452 e. The maximum absolute atomic E-state index is 13.4. The molecule has 0 radical (unpaired) electrons. The maximum Gasteiger partial charge on any atom is 0.234 e. The first kappa shape index (κ1) is 20.0. The number of hydrogen-bond acceptors (Lipinski definition) is 4. The minimum absolute atomic E-state index is 0.0222. The van der Waals surface area contributed by atoms with Gasteiger partial charge in [0.1, 0.15) is 11.8 Å². The molecule has 4 aliphatic rings. The lowest BCUT2D eigenvalue weighted by Crippen LogP contribution is -2.49. The van der Waals surface area contributed by atoms with Gasteiger partial charge in [0.15, 0.2) is 4.67 Å². The molecule has 0 aromatic carbocycles. The van der Waals surface area contributed by atoms with E-state index >= 15 is 0 Å².